The summed E-state index contributed by atoms with van der Waals surface area (Å²) in [6.07, 6.45) is 5.03. The lowest BCUT2D eigenvalue weighted by Crippen LogP contribution is -2.24. The van der Waals surface area contributed by atoms with Gasteiger partial charge in [0, 0.05) is 12.8 Å². The zero-order chi connectivity index (χ0) is 19.5. The van der Waals surface area contributed by atoms with E-state index in [2.05, 4.69) is 20.8 Å². The fraction of sp³-hybridized carbons (Fsp3) is 0.444. The Morgan fingerprint density at radius 2 is 2.11 bits per heavy atom. The van der Waals surface area contributed by atoms with Crippen LogP contribution in [0.25, 0.3) is 0 Å². The average molecular weight is 403 g/mol. The van der Waals surface area contributed by atoms with Crippen molar-refractivity contribution in [2.45, 2.75) is 43.2 Å². The lowest BCUT2D eigenvalue weighted by atomic mass is 9.76. The number of aromatic nitrogens is 2. The van der Waals surface area contributed by atoms with Crippen LogP contribution in [0.5, 0.6) is 5.88 Å². The molecule has 0 fully saturated rings. The first kappa shape index (κ1) is 17.7. The third-order valence-corrected chi connectivity index (χ3v) is 6.90. The van der Waals surface area contributed by atoms with Crippen molar-refractivity contribution in [1.82, 2.24) is 9.78 Å². The van der Waals surface area contributed by atoms with Crippen LogP contribution >= 0.6 is 0 Å². The van der Waals surface area contributed by atoms with Crippen molar-refractivity contribution in [3.63, 3.8) is 0 Å². The second-order valence-corrected chi connectivity index (χ2v) is 9.07. The Balaban J connectivity index is 1.42. The number of benzene rings is 1. The molecule has 3 N–H and O–H groups in total. The van der Waals surface area contributed by atoms with Gasteiger partial charge in [0.1, 0.15) is 11.0 Å². The molecule has 2 aliphatic carbocycles. The number of amides is 2. The lowest BCUT2D eigenvalue weighted by Gasteiger charge is -2.31. The van der Waals surface area contributed by atoms with E-state index >= 15 is 0 Å². The van der Waals surface area contributed by atoms with E-state index in [9.17, 15) is 9.00 Å². The van der Waals surface area contributed by atoms with Crippen LogP contribution in [0.2, 0.25) is 0 Å². The van der Waals surface area contributed by atoms with E-state index in [1.165, 1.54) is 17.3 Å². The highest BCUT2D eigenvalue weighted by atomic mass is 32.2. The summed E-state index contributed by atoms with van der Waals surface area (Å²) in [5.74, 6) is 0.277. The third-order valence-electron chi connectivity index (χ3n) is 5.55. The molecule has 2 aromatic rings. The number of carbonyl (C=O) groups is 1. The molecule has 0 spiro atoms. The summed E-state index contributed by atoms with van der Waals surface area (Å²) in [7, 11) is -1.92. The summed E-state index contributed by atoms with van der Waals surface area (Å²) in [5.41, 5.74) is 5.68. The molecule has 9 nitrogen and oxygen atoms in total. The second kappa shape index (κ2) is 6.29. The van der Waals surface area contributed by atoms with Gasteiger partial charge in [-0.25, -0.2) is 18.8 Å². The molecular weight excluding hydrogens is 382 g/mol. The van der Waals surface area contributed by atoms with Crippen molar-refractivity contribution in [3.05, 3.63) is 34.5 Å². The minimum atomic E-state index is -3.50. The van der Waals surface area contributed by atoms with Gasteiger partial charge in [-0.3, -0.25) is 0 Å². The standard InChI is InChI=1S/C18H21N5O4S/c1-26-9-12-8-23-17(27-12)15(7-20-23)28(19,25)22-18(24)21-16-13-4-2-10(13)6-11-3-5-14(11)16/h6-7,12H,2-5,8-9H2,1H3,(H3,19,21,22,24,25)/t12-,28?/m1/s1. The van der Waals surface area contributed by atoms with Crippen molar-refractivity contribution in [3.8, 4) is 5.88 Å². The SMILES string of the molecule is COC[C@H]1Cn2ncc(S(N)(=O)=NC(=O)Nc3c4c(cc5c3CC5)CC4)c2O1. The van der Waals surface area contributed by atoms with Gasteiger partial charge in [-0.05, 0) is 47.9 Å². The smallest absolute Gasteiger partial charge is 0.354 e. The van der Waals surface area contributed by atoms with E-state index in [1.54, 1.807) is 11.8 Å². The summed E-state index contributed by atoms with van der Waals surface area (Å²) in [6.45, 7) is 0.837. The molecule has 1 aliphatic heterocycles. The number of urea groups is 1. The Labute approximate surface area is 162 Å². The number of aryl methyl sites for hydroxylation is 2. The highest BCUT2D eigenvalue weighted by Crippen LogP contribution is 2.40. The molecule has 0 radical (unpaired) electrons. The van der Waals surface area contributed by atoms with Gasteiger partial charge in [-0.1, -0.05) is 6.07 Å². The monoisotopic (exact) mass is 403 g/mol. The number of nitrogens with two attached hydrogens (primary N) is 1. The van der Waals surface area contributed by atoms with Crippen LogP contribution in [0.3, 0.4) is 0 Å². The summed E-state index contributed by atoms with van der Waals surface area (Å²) < 4.78 is 29.1. The number of ether oxygens (including phenoxy) is 2. The summed E-state index contributed by atoms with van der Waals surface area (Å²) in [5, 5.41) is 12.9. The number of hydrogen-bond donors (Lipinski definition) is 2. The number of fused-ring (bicyclic) bond motifs is 3. The van der Waals surface area contributed by atoms with E-state index in [0.29, 0.717) is 13.2 Å². The summed E-state index contributed by atoms with van der Waals surface area (Å²) in [4.78, 5) is 12.7. The predicted molar refractivity (Wildman–Crippen MR) is 102 cm³/mol. The van der Waals surface area contributed by atoms with Crippen LogP contribution in [0.1, 0.15) is 22.3 Å². The Morgan fingerprint density at radius 1 is 1.39 bits per heavy atom. The number of rotatable bonds is 4. The molecule has 148 valence electrons. The van der Waals surface area contributed by atoms with E-state index in [4.69, 9.17) is 14.6 Å². The molecule has 28 heavy (non-hydrogen) atoms. The number of nitrogens with one attached hydrogen (secondary N) is 1. The van der Waals surface area contributed by atoms with Crippen molar-refractivity contribution in [2.75, 3.05) is 19.0 Å². The zero-order valence-corrected chi connectivity index (χ0v) is 16.3. The van der Waals surface area contributed by atoms with Gasteiger partial charge >= 0.3 is 6.03 Å². The lowest BCUT2D eigenvalue weighted by molar-refractivity contribution is 0.0920. The van der Waals surface area contributed by atoms with Gasteiger partial charge in [0.05, 0.1) is 19.3 Å². The Bertz CT molecular complexity index is 1090. The number of anilines is 1. The van der Waals surface area contributed by atoms with Gasteiger partial charge in [0.25, 0.3) is 0 Å². The Hall–Kier alpha value is -2.43. The minimum absolute atomic E-state index is 0.121. The van der Waals surface area contributed by atoms with Gasteiger partial charge in [0.2, 0.25) is 5.88 Å². The van der Waals surface area contributed by atoms with Crippen LogP contribution in [0.4, 0.5) is 10.5 Å². The van der Waals surface area contributed by atoms with Crippen LogP contribution < -0.4 is 15.2 Å². The molecule has 0 saturated carbocycles. The quantitative estimate of drug-likeness (QED) is 0.800. The Morgan fingerprint density at radius 3 is 2.71 bits per heavy atom. The first-order valence-electron chi connectivity index (χ1n) is 9.20. The fourth-order valence-electron chi connectivity index (χ4n) is 3.99. The van der Waals surface area contributed by atoms with E-state index in [1.807, 2.05) is 0 Å². The van der Waals surface area contributed by atoms with Gasteiger partial charge in [0.15, 0.2) is 9.92 Å². The van der Waals surface area contributed by atoms with E-state index in [0.717, 1.165) is 42.5 Å². The first-order valence-corrected chi connectivity index (χ1v) is 10.8. The average Bonchev–Trinajstić information content (AvgIpc) is 3.11. The molecule has 1 aromatic carbocycles. The molecule has 5 rings (SSSR count). The summed E-state index contributed by atoms with van der Waals surface area (Å²) in [6, 6.07) is 1.51. The number of carbonyl (C=O) groups excluding carboxylic acids is 1. The van der Waals surface area contributed by atoms with Crippen molar-refractivity contribution in [2.24, 2.45) is 9.50 Å². The normalized spacial score (nSPS) is 20.6. The molecule has 0 saturated heterocycles. The highest BCUT2D eigenvalue weighted by Gasteiger charge is 2.31. The van der Waals surface area contributed by atoms with Crippen LogP contribution in [0, 0.1) is 0 Å². The molecule has 1 unspecified atom stereocenters. The molecule has 2 heterocycles. The fourth-order valence-corrected chi connectivity index (χ4v) is 4.98. The van der Waals surface area contributed by atoms with Crippen LogP contribution in [0.15, 0.2) is 21.5 Å². The maximum atomic E-state index is 13.0. The van der Waals surface area contributed by atoms with Gasteiger partial charge in [-0.15, -0.1) is 4.36 Å². The van der Waals surface area contributed by atoms with Crippen molar-refractivity contribution < 1.29 is 18.5 Å². The topological polar surface area (TPSA) is 121 Å². The molecular formula is C18H21N5O4S. The summed E-state index contributed by atoms with van der Waals surface area (Å²) >= 11 is 0. The predicted octanol–water partition coefficient (Wildman–Crippen LogP) is 1.42. The maximum Gasteiger partial charge on any atom is 0.354 e. The molecule has 1 aromatic heterocycles. The number of hydrogen-bond acceptors (Lipinski definition) is 5. The first-order chi connectivity index (χ1) is 13.5. The second-order valence-electron chi connectivity index (χ2n) is 7.31. The molecule has 2 amide bonds. The molecule has 2 atom stereocenters. The largest absolute Gasteiger partial charge is 0.469 e. The molecule has 0 bridgehead atoms. The van der Waals surface area contributed by atoms with Crippen LogP contribution in [-0.2, 0) is 46.9 Å². The Kier molecular flexibility index (Phi) is 3.97. The molecule has 10 heteroatoms. The van der Waals surface area contributed by atoms with E-state index < -0.39 is 15.9 Å². The van der Waals surface area contributed by atoms with E-state index in [-0.39, 0.29) is 16.9 Å². The van der Waals surface area contributed by atoms with Gasteiger partial charge in [-0.2, -0.15) is 5.10 Å². The van der Waals surface area contributed by atoms with Gasteiger partial charge < -0.3 is 14.8 Å². The third kappa shape index (κ3) is 2.71. The minimum Gasteiger partial charge on any atom is -0.469 e. The number of nitrogens with zero attached hydrogens (tertiary/aromatic N) is 3. The maximum absolute atomic E-state index is 13.0. The number of methoxy groups -OCH3 is 1. The van der Waals surface area contributed by atoms with Crippen LogP contribution in [-0.4, -0.2) is 39.8 Å². The van der Waals surface area contributed by atoms with Crippen molar-refractivity contribution in [1.29, 1.82) is 0 Å². The highest BCUT2D eigenvalue weighted by molar-refractivity contribution is 7.91. The van der Waals surface area contributed by atoms with Crippen molar-refractivity contribution >= 4 is 21.6 Å². The molecule has 3 aliphatic rings. The zero-order valence-electron chi connectivity index (χ0n) is 15.4.